The van der Waals surface area contributed by atoms with E-state index < -0.39 is 0 Å². The fourth-order valence-corrected chi connectivity index (χ4v) is 3.39. The molecule has 0 saturated heterocycles. The Bertz CT molecular complexity index is 742. The Morgan fingerprint density at radius 3 is 2.30 bits per heavy atom. The summed E-state index contributed by atoms with van der Waals surface area (Å²) < 4.78 is 22.8. The van der Waals surface area contributed by atoms with Crippen molar-refractivity contribution in [1.29, 1.82) is 0 Å². The van der Waals surface area contributed by atoms with Crippen molar-refractivity contribution in [2.45, 2.75) is 25.2 Å². The summed E-state index contributed by atoms with van der Waals surface area (Å²) >= 11 is 2.25. The summed E-state index contributed by atoms with van der Waals surface area (Å²) in [5, 5.41) is 3.32. The van der Waals surface area contributed by atoms with Crippen LogP contribution in [0.3, 0.4) is 0 Å². The molecule has 0 aromatic heterocycles. The summed E-state index contributed by atoms with van der Waals surface area (Å²) in [6, 6.07) is 11.8. The SMILES string of the molecule is COc1ccc(OC)c(CC(N)NC(Cc2ccc(I)c(OC)c2)OC)c1. The number of rotatable bonds is 10. The van der Waals surface area contributed by atoms with E-state index in [2.05, 4.69) is 34.0 Å². The van der Waals surface area contributed by atoms with E-state index in [1.165, 1.54) is 0 Å². The summed E-state index contributed by atoms with van der Waals surface area (Å²) in [6.45, 7) is 0. The van der Waals surface area contributed by atoms with Crippen molar-refractivity contribution in [3.63, 3.8) is 0 Å². The van der Waals surface area contributed by atoms with Crippen LogP contribution >= 0.6 is 22.6 Å². The van der Waals surface area contributed by atoms with Gasteiger partial charge < -0.3 is 24.7 Å². The van der Waals surface area contributed by atoms with Gasteiger partial charge in [0.2, 0.25) is 0 Å². The minimum absolute atomic E-state index is 0.221. The number of halogens is 1. The third kappa shape index (κ3) is 6.24. The van der Waals surface area contributed by atoms with Gasteiger partial charge >= 0.3 is 0 Å². The first-order chi connectivity index (χ1) is 13.0. The molecule has 27 heavy (non-hydrogen) atoms. The average molecular weight is 486 g/mol. The highest BCUT2D eigenvalue weighted by molar-refractivity contribution is 14.1. The van der Waals surface area contributed by atoms with Gasteiger partial charge in [-0.25, -0.2) is 0 Å². The molecular formula is C20H27IN2O4. The van der Waals surface area contributed by atoms with Gasteiger partial charge in [0.05, 0.1) is 31.1 Å². The molecule has 0 aliphatic carbocycles. The molecule has 2 unspecified atom stereocenters. The molecule has 0 aliphatic heterocycles. The van der Waals surface area contributed by atoms with Crippen molar-refractivity contribution in [3.8, 4) is 17.2 Å². The second kappa shape index (κ2) is 10.7. The van der Waals surface area contributed by atoms with Crippen LogP contribution in [0.25, 0.3) is 0 Å². The lowest BCUT2D eigenvalue weighted by atomic mass is 10.1. The maximum Gasteiger partial charge on any atom is 0.132 e. The molecule has 0 aliphatic rings. The Morgan fingerprint density at radius 1 is 0.926 bits per heavy atom. The molecule has 2 atom stereocenters. The Hall–Kier alpha value is -1.55. The normalized spacial score (nSPS) is 13.1. The van der Waals surface area contributed by atoms with Crippen LogP contribution in [0.1, 0.15) is 11.1 Å². The van der Waals surface area contributed by atoms with E-state index in [4.69, 9.17) is 24.7 Å². The molecule has 2 rings (SSSR count). The Labute approximate surface area is 174 Å². The smallest absolute Gasteiger partial charge is 0.132 e. The fourth-order valence-electron chi connectivity index (χ4n) is 2.83. The van der Waals surface area contributed by atoms with Crippen LogP contribution in [0.4, 0.5) is 0 Å². The molecule has 0 amide bonds. The van der Waals surface area contributed by atoms with Crippen LogP contribution in [0.5, 0.6) is 17.2 Å². The van der Waals surface area contributed by atoms with Crippen molar-refractivity contribution >= 4 is 22.6 Å². The molecular weight excluding hydrogens is 459 g/mol. The standard InChI is InChI=1S/C20H27IN2O4/c1-24-15-6-8-17(25-2)14(11-15)12-19(22)23-20(27-4)10-13-5-7-16(21)18(9-13)26-3/h5-9,11,19-20,23H,10,12,22H2,1-4H3. The van der Waals surface area contributed by atoms with Crippen LogP contribution in [-0.4, -0.2) is 40.8 Å². The molecule has 6 nitrogen and oxygen atoms in total. The highest BCUT2D eigenvalue weighted by atomic mass is 127. The van der Waals surface area contributed by atoms with Crippen molar-refractivity contribution in [3.05, 3.63) is 51.1 Å². The van der Waals surface area contributed by atoms with E-state index in [1.807, 2.05) is 30.3 Å². The molecule has 0 fully saturated rings. The Morgan fingerprint density at radius 2 is 1.67 bits per heavy atom. The van der Waals surface area contributed by atoms with E-state index in [0.717, 1.165) is 31.9 Å². The third-order valence-electron chi connectivity index (χ3n) is 4.25. The minimum Gasteiger partial charge on any atom is -0.497 e. The third-order valence-corrected chi connectivity index (χ3v) is 5.14. The molecule has 0 spiro atoms. The number of benzene rings is 2. The lowest BCUT2D eigenvalue weighted by Gasteiger charge is -2.23. The van der Waals surface area contributed by atoms with Gasteiger partial charge in [0.1, 0.15) is 23.5 Å². The van der Waals surface area contributed by atoms with Gasteiger partial charge in [-0.15, -0.1) is 0 Å². The van der Waals surface area contributed by atoms with Crippen molar-refractivity contribution in [1.82, 2.24) is 5.32 Å². The number of ether oxygens (including phenoxy) is 4. The molecule has 7 heteroatoms. The van der Waals surface area contributed by atoms with Gasteiger partial charge in [-0.2, -0.15) is 0 Å². The zero-order valence-corrected chi connectivity index (χ0v) is 18.3. The topological polar surface area (TPSA) is 75.0 Å². The van der Waals surface area contributed by atoms with Crippen LogP contribution in [0.15, 0.2) is 36.4 Å². The summed E-state index contributed by atoms with van der Waals surface area (Å²) in [4.78, 5) is 0. The van der Waals surface area contributed by atoms with Crippen LogP contribution in [0.2, 0.25) is 0 Å². The molecule has 2 aromatic rings. The minimum atomic E-state index is -0.304. The van der Waals surface area contributed by atoms with Crippen LogP contribution in [0, 0.1) is 3.57 Å². The maximum atomic E-state index is 6.32. The molecule has 0 bridgehead atoms. The monoisotopic (exact) mass is 486 g/mol. The first-order valence-corrected chi connectivity index (χ1v) is 9.66. The second-order valence-corrected chi connectivity index (χ2v) is 7.21. The number of hydrogen-bond acceptors (Lipinski definition) is 6. The Balaban J connectivity index is 2.03. The highest BCUT2D eigenvalue weighted by Gasteiger charge is 2.16. The van der Waals surface area contributed by atoms with Gasteiger partial charge in [-0.05, 0) is 58.5 Å². The molecule has 148 valence electrons. The van der Waals surface area contributed by atoms with E-state index in [-0.39, 0.29) is 12.4 Å². The maximum absolute atomic E-state index is 6.32. The van der Waals surface area contributed by atoms with Crippen LogP contribution in [-0.2, 0) is 17.6 Å². The van der Waals surface area contributed by atoms with Gasteiger partial charge in [0.15, 0.2) is 0 Å². The quantitative estimate of drug-likeness (QED) is 0.398. The molecule has 0 saturated carbocycles. The van der Waals surface area contributed by atoms with Gasteiger partial charge in [-0.1, -0.05) is 6.07 Å². The number of methoxy groups -OCH3 is 4. The summed E-state index contributed by atoms with van der Waals surface area (Å²) in [5.41, 5.74) is 8.40. The summed E-state index contributed by atoms with van der Waals surface area (Å²) in [7, 11) is 6.62. The van der Waals surface area contributed by atoms with Crippen LogP contribution < -0.4 is 25.3 Å². The summed E-state index contributed by atoms with van der Waals surface area (Å²) in [5.74, 6) is 2.41. The molecule has 2 aromatic carbocycles. The average Bonchev–Trinajstić information content (AvgIpc) is 2.68. The van der Waals surface area contributed by atoms with Crippen molar-refractivity contribution in [2.75, 3.05) is 28.4 Å². The lowest BCUT2D eigenvalue weighted by Crippen LogP contribution is -2.47. The van der Waals surface area contributed by atoms with E-state index in [1.54, 1.807) is 28.4 Å². The highest BCUT2D eigenvalue weighted by Crippen LogP contribution is 2.25. The zero-order chi connectivity index (χ0) is 19.8. The van der Waals surface area contributed by atoms with Gasteiger partial charge in [-0.3, -0.25) is 5.32 Å². The van der Waals surface area contributed by atoms with E-state index >= 15 is 0 Å². The predicted molar refractivity (Wildman–Crippen MR) is 115 cm³/mol. The molecule has 0 radical (unpaired) electrons. The largest absolute Gasteiger partial charge is 0.497 e. The predicted octanol–water partition coefficient (Wildman–Crippen LogP) is 2.95. The molecule has 0 heterocycles. The first kappa shape index (κ1) is 21.7. The fraction of sp³-hybridized carbons (Fsp3) is 0.400. The lowest BCUT2D eigenvalue weighted by molar-refractivity contribution is 0.0639. The first-order valence-electron chi connectivity index (χ1n) is 8.58. The number of nitrogens with one attached hydrogen (secondary N) is 1. The van der Waals surface area contributed by atoms with Gasteiger partial charge in [0, 0.05) is 25.5 Å². The van der Waals surface area contributed by atoms with E-state index in [0.29, 0.717) is 12.8 Å². The number of hydrogen-bond donors (Lipinski definition) is 2. The second-order valence-electron chi connectivity index (χ2n) is 6.05. The van der Waals surface area contributed by atoms with Crippen molar-refractivity contribution < 1.29 is 18.9 Å². The molecule has 3 N–H and O–H groups in total. The van der Waals surface area contributed by atoms with Crippen molar-refractivity contribution in [2.24, 2.45) is 5.73 Å². The summed E-state index contributed by atoms with van der Waals surface area (Å²) in [6.07, 6.45) is 0.728. The van der Waals surface area contributed by atoms with Gasteiger partial charge in [0.25, 0.3) is 0 Å². The zero-order valence-electron chi connectivity index (χ0n) is 16.1. The number of nitrogens with two attached hydrogens (primary N) is 1. The Kier molecular flexibility index (Phi) is 8.62. The van der Waals surface area contributed by atoms with E-state index in [9.17, 15) is 0 Å².